The molecular weight excluding hydrogens is 256 g/mol. The van der Waals surface area contributed by atoms with Crippen LogP contribution in [0.25, 0.3) is 0 Å². The van der Waals surface area contributed by atoms with Gasteiger partial charge < -0.3 is 14.8 Å². The van der Waals surface area contributed by atoms with E-state index >= 15 is 0 Å². The van der Waals surface area contributed by atoms with Crippen LogP contribution in [0.2, 0.25) is 5.02 Å². The summed E-state index contributed by atoms with van der Waals surface area (Å²) in [7, 11) is 0. The van der Waals surface area contributed by atoms with Gasteiger partial charge in [-0.25, -0.2) is 4.98 Å². The van der Waals surface area contributed by atoms with Gasteiger partial charge >= 0.3 is 0 Å². The summed E-state index contributed by atoms with van der Waals surface area (Å²) in [4.78, 5) is 15.7. The van der Waals surface area contributed by atoms with Crippen molar-refractivity contribution in [1.29, 1.82) is 0 Å². The fraction of sp³-hybridized carbons (Fsp3) is 0.500. The zero-order chi connectivity index (χ0) is 13.2. The third-order valence-electron chi connectivity index (χ3n) is 2.52. The molecule has 5 nitrogen and oxygen atoms in total. The number of carbonyl (C=O) groups excluding carboxylic acids is 1. The molecule has 0 spiro atoms. The Hall–Kier alpha value is -1.17. The lowest BCUT2D eigenvalue weighted by Gasteiger charge is -2.17. The second-order valence-corrected chi connectivity index (χ2v) is 4.96. The fourth-order valence-electron chi connectivity index (χ4n) is 1.67. The molecule has 1 atom stereocenters. The molecule has 1 N–H and O–H groups in total. The Balaban J connectivity index is 1.84. The molecule has 0 aromatic carbocycles. The monoisotopic (exact) mass is 270 g/mol. The predicted molar refractivity (Wildman–Crippen MR) is 66.5 cm³/mol. The van der Waals surface area contributed by atoms with E-state index < -0.39 is 5.79 Å². The number of rotatable bonds is 3. The first-order valence-corrected chi connectivity index (χ1v) is 6.05. The Kier molecular flexibility index (Phi) is 3.85. The third-order valence-corrected chi connectivity index (χ3v) is 2.74. The van der Waals surface area contributed by atoms with Crippen LogP contribution >= 0.6 is 11.6 Å². The highest BCUT2D eigenvalue weighted by Crippen LogP contribution is 2.21. The summed E-state index contributed by atoms with van der Waals surface area (Å²) in [6.45, 7) is 4.55. The molecule has 2 heterocycles. The van der Waals surface area contributed by atoms with Crippen molar-refractivity contribution in [3.63, 3.8) is 0 Å². The van der Waals surface area contributed by atoms with Crippen LogP contribution in [0.4, 0.5) is 0 Å². The Morgan fingerprint density at radius 3 is 2.94 bits per heavy atom. The second-order valence-electron chi connectivity index (χ2n) is 4.52. The van der Waals surface area contributed by atoms with Crippen molar-refractivity contribution in [2.24, 2.45) is 0 Å². The number of nitrogens with zero attached hydrogens (tertiary/aromatic N) is 1. The number of hydrogen-bond donors (Lipinski definition) is 1. The molecule has 0 saturated carbocycles. The van der Waals surface area contributed by atoms with E-state index in [4.69, 9.17) is 21.1 Å². The Morgan fingerprint density at radius 1 is 1.61 bits per heavy atom. The number of nitrogens with one attached hydrogen (secondary N) is 1. The largest absolute Gasteiger partial charge is 0.348 e. The number of aromatic nitrogens is 1. The van der Waals surface area contributed by atoms with Gasteiger partial charge in [-0.05, 0) is 26.0 Å². The molecule has 1 aliphatic rings. The molecule has 98 valence electrons. The summed E-state index contributed by atoms with van der Waals surface area (Å²) < 4.78 is 11.0. The molecule has 6 heteroatoms. The summed E-state index contributed by atoms with van der Waals surface area (Å²) in [5.74, 6) is -0.826. The van der Waals surface area contributed by atoms with Gasteiger partial charge in [-0.15, -0.1) is 0 Å². The maximum atomic E-state index is 11.8. The van der Waals surface area contributed by atoms with Gasteiger partial charge in [0.05, 0.1) is 11.6 Å². The van der Waals surface area contributed by atoms with Crippen LogP contribution in [0.1, 0.15) is 24.3 Å². The highest BCUT2D eigenvalue weighted by atomic mass is 35.5. The highest BCUT2D eigenvalue weighted by molar-refractivity contribution is 6.30. The molecule has 1 aromatic heterocycles. The van der Waals surface area contributed by atoms with Crippen LogP contribution in [-0.4, -0.2) is 35.9 Å². The zero-order valence-electron chi connectivity index (χ0n) is 10.3. The first kappa shape index (κ1) is 13.3. The van der Waals surface area contributed by atoms with Crippen LogP contribution in [-0.2, 0) is 9.47 Å². The van der Waals surface area contributed by atoms with Gasteiger partial charge in [0.25, 0.3) is 5.91 Å². The topological polar surface area (TPSA) is 60.5 Å². The van der Waals surface area contributed by atoms with Crippen molar-refractivity contribution < 1.29 is 14.3 Å². The summed E-state index contributed by atoms with van der Waals surface area (Å²) in [6.07, 6.45) is 1.31. The van der Waals surface area contributed by atoms with E-state index in [-0.39, 0.29) is 12.0 Å². The lowest BCUT2D eigenvalue weighted by Crippen LogP contribution is -2.34. The molecular formula is C12H15ClN2O3. The summed E-state index contributed by atoms with van der Waals surface area (Å²) in [5, 5.41) is 3.25. The maximum absolute atomic E-state index is 11.8. The fourth-order valence-corrected chi connectivity index (χ4v) is 1.78. The van der Waals surface area contributed by atoms with Crippen molar-refractivity contribution in [2.45, 2.75) is 25.7 Å². The SMILES string of the molecule is CC1(C)OCC(CNC(=O)c2ccc(Cl)cn2)O1. The van der Waals surface area contributed by atoms with Crippen LogP contribution in [0.3, 0.4) is 0 Å². The smallest absolute Gasteiger partial charge is 0.269 e. The van der Waals surface area contributed by atoms with Gasteiger partial charge in [0.2, 0.25) is 0 Å². The third kappa shape index (κ3) is 3.41. The summed E-state index contributed by atoms with van der Waals surface area (Å²) in [5.41, 5.74) is 0.331. The highest BCUT2D eigenvalue weighted by Gasteiger charge is 2.32. The van der Waals surface area contributed by atoms with Crippen LogP contribution in [0, 0.1) is 0 Å². The molecule has 1 aromatic rings. The van der Waals surface area contributed by atoms with E-state index in [0.717, 1.165) is 0 Å². The first-order chi connectivity index (χ1) is 8.46. The minimum atomic E-state index is -0.575. The van der Waals surface area contributed by atoms with Crippen molar-refractivity contribution >= 4 is 17.5 Å². The molecule has 0 radical (unpaired) electrons. The van der Waals surface area contributed by atoms with Gasteiger partial charge in [0.1, 0.15) is 11.8 Å². The minimum Gasteiger partial charge on any atom is -0.348 e. The Labute approximate surface area is 110 Å². The second kappa shape index (κ2) is 5.22. The van der Waals surface area contributed by atoms with Crippen LogP contribution < -0.4 is 5.32 Å². The Bertz CT molecular complexity index is 433. The summed E-state index contributed by atoms with van der Waals surface area (Å²) >= 11 is 5.70. The van der Waals surface area contributed by atoms with Crippen molar-refractivity contribution in [3.8, 4) is 0 Å². The first-order valence-electron chi connectivity index (χ1n) is 5.68. The number of amides is 1. The van der Waals surface area contributed by atoms with Gasteiger partial charge in [0, 0.05) is 12.7 Å². The lowest BCUT2D eigenvalue weighted by atomic mass is 10.3. The van der Waals surface area contributed by atoms with E-state index in [1.807, 2.05) is 13.8 Å². The number of pyridine rings is 1. The quantitative estimate of drug-likeness (QED) is 0.907. The molecule has 1 aliphatic heterocycles. The average Bonchev–Trinajstić information content (AvgIpc) is 2.67. The minimum absolute atomic E-state index is 0.128. The molecule has 0 bridgehead atoms. The molecule has 0 aliphatic carbocycles. The zero-order valence-corrected chi connectivity index (χ0v) is 11.0. The van der Waals surface area contributed by atoms with Gasteiger partial charge in [-0.3, -0.25) is 4.79 Å². The summed E-state index contributed by atoms with van der Waals surface area (Å²) in [6, 6.07) is 3.20. The normalized spacial score (nSPS) is 21.8. The number of carbonyl (C=O) groups is 1. The van der Waals surface area contributed by atoms with E-state index in [9.17, 15) is 4.79 Å². The number of ether oxygens (including phenoxy) is 2. The number of hydrogen-bond acceptors (Lipinski definition) is 4. The number of halogens is 1. The van der Waals surface area contributed by atoms with Crippen LogP contribution in [0.15, 0.2) is 18.3 Å². The van der Waals surface area contributed by atoms with E-state index in [2.05, 4.69) is 10.3 Å². The van der Waals surface area contributed by atoms with E-state index in [0.29, 0.717) is 23.9 Å². The van der Waals surface area contributed by atoms with Crippen molar-refractivity contribution in [1.82, 2.24) is 10.3 Å². The standard InChI is InChI=1S/C12H15ClN2O3/c1-12(2)17-7-9(18-12)6-15-11(16)10-4-3-8(13)5-14-10/h3-5,9H,6-7H2,1-2H3,(H,15,16). The van der Waals surface area contributed by atoms with Crippen LogP contribution in [0.5, 0.6) is 0 Å². The lowest BCUT2D eigenvalue weighted by molar-refractivity contribution is -0.137. The van der Waals surface area contributed by atoms with Crippen molar-refractivity contribution in [3.05, 3.63) is 29.0 Å². The van der Waals surface area contributed by atoms with Gasteiger partial charge in [0.15, 0.2) is 5.79 Å². The molecule has 1 fully saturated rings. The maximum Gasteiger partial charge on any atom is 0.269 e. The Morgan fingerprint density at radius 2 is 2.39 bits per heavy atom. The van der Waals surface area contributed by atoms with Crippen molar-refractivity contribution in [2.75, 3.05) is 13.2 Å². The molecule has 1 amide bonds. The predicted octanol–water partition coefficient (Wildman–Crippen LogP) is 1.62. The molecule has 18 heavy (non-hydrogen) atoms. The molecule has 2 rings (SSSR count). The van der Waals surface area contributed by atoms with E-state index in [1.54, 1.807) is 12.1 Å². The molecule has 1 saturated heterocycles. The molecule has 1 unspecified atom stereocenters. The van der Waals surface area contributed by atoms with E-state index in [1.165, 1.54) is 6.20 Å². The van der Waals surface area contributed by atoms with Gasteiger partial charge in [-0.1, -0.05) is 11.6 Å². The average molecular weight is 271 g/mol. The van der Waals surface area contributed by atoms with Gasteiger partial charge in [-0.2, -0.15) is 0 Å².